The number of H-pyrrole nitrogens is 1. The summed E-state index contributed by atoms with van der Waals surface area (Å²) >= 11 is 3.40. The van der Waals surface area contributed by atoms with Gasteiger partial charge in [0.25, 0.3) is 0 Å². The third-order valence-electron chi connectivity index (χ3n) is 1.96. The van der Waals surface area contributed by atoms with Gasteiger partial charge in [0, 0.05) is 21.7 Å². The molecule has 0 saturated carbocycles. The summed E-state index contributed by atoms with van der Waals surface area (Å²) in [7, 11) is 0. The largest absolute Gasteiger partial charge is 0.280 e. The molecular weight excluding hydrogens is 230 g/mol. The first-order chi connectivity index (χ1) is 6.31. The van der Waals surface area contributed by atoms with Crippen LogP contribution in [0.25, 0.3) is 11.0 Å². The Hall–Kier alpha value is -0.900. The Morgan fingerprint density at radius 3 is 3.15 bits per heavy atom. The lowest BCUT2D eigenvalue weighted by molar-refractivity contribution is 0.873. The molecule has 0 aliphatic heterocycles. The first-order valence-electron chi connectivity index (χ1n) is 4.29. The minimum atomic E-state index is 0.798. The SMILES string of the molecule is CCCc1[nH]nc2ncc(Br)cc12. The lowest BCUT2D eigenvalue weighted by Gasteiger charge is -1.94. The summed E-state index contributed by atoms with van der Waals surface area (Å²) in [6.45, 7) is 2.15. The van der Waals surface area contributed by atoms with Crippen molar-refractivity contribution in [3.8, 4) is 0 Å². The van der Waals surface area contributed by atoms with Crippen LogP contribution in [0, 0.1) is 0 Å². The predicted molar refractivity (Wildman–Crippen MR) is 55.6 cm³/mol. The van der Waals surface area contributed by atoms with Crippen molar-refractivity contribution >= 4 is 27.0 Å². The summed E-state index contributed by atoms with van der Waals surface area (Å²) in [4.78, 5) is 4.19. The van der Waals surface area contributed by atoms with Crippen LogP contribution < -0.4 is 0 Å². The first kappa shape index (κ1) is 8.69. The number of fused-ring (bicyclic) bond motifs is 1. The summed E-state index contributed by atoms with van der Waals surface area (Å²) in [6, 6.07) is 2.05. The van der Waals surface area contributed by atoms with Crippen molar-refractivity contribution < 1.29 is 0 Å². The number of hydrogen-bond donors (Lipinski definition) is 1. The Balaban J connectivity index is 2.58. The fourth-order valence-electron chi connectivity index (χ4n) is 1.36. The van der Waals surface area contributed by atoms with E-state index in [9.17, 15) is 0 Å². The Labute approximate surface area is 84.7 Å². The third kappa shape index (κ3) is 1.58. The van der Waals surface area contributed by atoms with Gasteiger partial charge in [0.2, 0.25) is 0 Å². The highest BCUT2D eigenvalue weighted by atomic mass is 79.9. The van der Waals surface area contributed by atoms with Crippen LogP contribution in [0.4, 0.5) is 0 Å². The van der Waals surface area contributed by atoms with Gasteiger partial charge >= 0.3 is 0 Å². The zero-order valence-electron chi connectivity index (χ0n) is 7.34. The zero-order valence-corrected chi connectivity index (χ0v) is 8.93. The molecule has 68 valence electrons. The molecule has 0 radical (unpaired) electrons. The predicted octanol–water partition coefficient (Wildman–Crippen LogP) is 2.67. The smallest absolute Gasteiger partial charge is 0.181 e. The Bertz CT molecular complexity index is 422. The highest BCUT2D eigenvalue weighted by molar-refractivity contribution is 9.10. The van der Waals surface area contributed by atoms with Gasteiger partial charge in [0.05, 0.1) is 0 Å². The number of aryl methyl sites for hydroxylation is 1. The molecule has 13 heavy (non-hydrogen) atoms. The average molecular weight is 240 g/mol. The van der Waals surface area contributed by atoms with Crippen molar-refractivity contribution in [2.24, 2.45) is 0 Å². The van der Waals surface area contributed by atoms with Crippen molar-refractivity contribution in [2.75, 3.05) is 0 Å². The van der Waals surface area contributed by atoms with Crippen LogP contribution in [0.5, 0.6) is 0 Å². The number of halogens is 1. The van der Waals surface area contributed by atoms with Gasteiger partial charge < -0.3 is 0 Å². The molecule has 0 saturated heterocycles. The molecule has 0 aromatic carbocycles. The molecule has 0 fully saturated rings. The van der Waals surface area contributed by atoms with E-state index in [1.54, 1.807) is 6.20 Å². The van der Waals surface area contributed by atoms with Gasteiger partial charge in [0.15, 0.2) is 5.65 Å². The van der Waals surface area contributed by atoms with Crippen LogP contribution in [0.1, 0.15) is 19.0 Å². The number of rotatable bonds is 2. The maximum atomic E-state index is 4.19. The number of hydrogen-bond acceptors (Lipinski definition) is 2. The maximum absolute atomic E-state index is 4.19. The quantitative estimate of drug-likeness (QED) is 0.876. The van der Waals surface area contributed by atoms with Crippen molar-refractivity contribution in [2.45, 2.75) is 19.8 Å². The van der Waals surface area contributed by atoms with Crippen LogP contribution in [0.15, 0.2) is 16.7 Å². The summed E-state index contributed by atoms with van der Waals surface area (Å²) in [5, 5.41) is 8.25. The first-order valence-corrected chi connectivity index (χ1v) is 5.09. The van der Waals surface area contributed by atoms with E-state index in [0.717, 1.165) is 28.3 Å². The van der Waals surface area contributed by atoms with Crippen LogP contribution in [-0.4, -0.2) is 15.2 Å². The Morgan fingerprint density at radius 2 is 2.38 bits per heavy atom. The molecule has 2 aromatic rings. The van der Waals surface area contributed by atoms with Crippen LogP contribution in [-0.2, 0) is 6.42 Å². The average Bonchev–Trinajstić information content (AvgIpc) is 2.49. The van der Waals surface area contributed by atoms with E-state index in [0.29, 0.717) is 0 Å². The van der Waals surface area contributed by atoms with Crippen molar-refractivity contribution in [1.82, 2.24) is 15.2 Å². The van der Waals surface area contributed by atoms with Crippen LogP contribution in [0.3, 0.4) is 0 Å². The number of aromatic amines is 1. The molecule has 0 aliphatic rings. The Kier molecular flexibility index (Phi) is 2.31. The fourth-order valence-corrected chi connectivity index (χ4v) is 1.70. The van der Waals surface area contributed by atoms with E-state index in [-0.39, 0.29) is 0 Å². The number of nitrogens with one attached hydrogen (secondary N) is 1. The summed E-state index contributed by atoms with van der Waals surface area (Å²) in [6.07, 6.45) is 3.90. The zero-order chi connectivity index (χ0) is 9.26. The third-order valence-corrected chi connectivity index (χ3v) is 2.39. The highest BCUT2D eigenvalue weighted by Crippen LogP contribution is 2.19. The molecule has 2 heterocycles. The van der Waals surface area contributed by atoms with E-state index in [4.69, 9.17) is 0 Å². The van der Waals surface area contributed by atoms with Crippen molar-refractivity contribution in [3.63, 3.8) is 0 Å². The second-order valence-electron chi connectivity index (χ2n) is 2.98. The molecule has 0 atom stereocenters. The van der Waals surface area contributed by atoms with Gasteiger partial charge in [-0.05, 0) is 28.4 Å². The second kappa shape index (κ2) is 3.46. The molecule has 0 bridgehead atoms. The minimum absolute atomic E-state index is 0.798. The van der Waals surface area contributed by atoms with E-state index in [1.165, 1.54) is 5.69 Å². The Morgan fingerprint density at radius 1 is 1.54 bits per heavy atom. The molecule has 0 aliphatic carbocycles. The van der Waals surface area contributed by atoms with Crippen LogP contribution in [0.2, 0.25) is 0 Å². The highest BCUT2D eigenvalue weighted by Gasteiger charge is 2.05. The lowest BCUT2D eigenvalue weighted by Crippen LogP contribution is -1.83. The maximum Gasteiger partial charge on any atom is 0.181 e. The van der Waals surface area contributed by atoms with Gasteiger partial charge in [0.1, 0.15) is 0 Å². The number of aromatic nitrogens is 3. The van der Waals surface area contributed by atoms with E-state index >= 15 is 0 Å². The van der Waals surface area contributed by atoms with Gasteiger partial charge in [-0.15, -0.1) is 0 Å². The fraction of sp³-hybridized carbons (Fsp3) is 0.333. The van der Waals surface area contributed by atoms with Crippen molar-refractivity contribution in [3.05, 3.63) is 22.4 Å². The van der Waals surface area contributed by atoms with Gasteiger partial charge in [-0.25, -0.2) is 4.98 Å². The molecule has 0 spiro atoms. The number of pyridine rings is 1. The van der Waals surface area contributed by atoms with Crippen molar-refractivity contribution in [1.29, 1.82) is 0 Å². The van der Waals surface area contributed by atoms with E-state index in [1.807, 2.05) is 0 Å². The molecule has 3 nitrogen and oxygen atoms in total. The van der Waals surface area contributed by atoms with Gasteiger partial charge in [-0.1, -0.05) is 13.3 Å². The molecule has 0 amide bonds. The normalized spacial score (nSPS) is 10.9. The summed E-state index contributed by atoms with van der Waals surface area (Å²) < 4.78 is 0.999. The number of nitrogens with zero attached hydrogens (tertiary/aromatic N) is 2. The molecule has 4 heteroatoms. The topological polar surface area (TPSA) is 41.6 Å². The van der Waals surface area contributed by atoms with Gasteiger partial charge in [-0.2, -0.15) is 5.10 Å². The van der Waals surface area contributed by atoms with Crippen LogP contribution >= 0.6 is 15.9 Å². The molecule has 2 aromatic heterocycles. The minimum Gasteiger partial charge on any atom is -0.280 e. The van der Waals surface area contributed by atoms with E-state index < -0.39 is 0 Å². The standard InChI is InChI=1S/C9H10BrN3/c1-2-3-8-7-4-6(10)5-11-9(7)13-12-8/h4-5H,2-3H2,1H3,(H,11,12,13). The molecule has 0 unspecified atom stereocenters. The molecule has 2 rings (SSSR count). The monoisotopic (exact) mass is 239 g/mol. The van der Waals surface area contributed by atoms with Gasteiger partial charge in [-0.3, -0.25) is 5.10 Å². The molecule has 1 N–H and O–H groups in total. The second-order valence-corrected chi connectivity index (χ2v) is 3.89. The molecular formula is C9H10BrN3. The lowest BCUT2D eigenvalue weighted by atomic mass is 10.2. The summed E-state index contributed by atoms with van der Waals surface area (Å²) in [5.74, 6) is 0. The van der Waals surface area contributed by atoms with E-state index in [2.05, 4.69) is 44.1 Å². The summed E-state index contributed by atoms with van der Waals surface area (Å²) in [5.41, 5.74) is 1.97.